The third-order valence-corrected chi connectivity index (χ3v) is 1.99. The number of carboxylic acid groups (broad SMARTS) is 2. The molecule has 0 amide bonds. The Labute approximate surface area is 77.6 Å². The van der Waals surface area contributed by atoms with Crippen LogP contribution in [0.5, 0.6) is 0 Å². The number of carboxylic acids is 2. The van der Waals surface area contributed by atoms with Gasteiger partial charge in [0.25, 0.3) is 0 Å². The summed E-state index contributed by atoms with van der Waals surface area (Å²) in [7, 11) is 0. The van der Waals surface area contributed by atoms with Crippen LogP contribution in [0.4, 0.5) is 0 Å². The Bertz CT molecular complexity index is 202. The van der Waals surface area contributed by atoms with Gasteiger partial charge in [-0.15, -0.1) is 0 Å². The van der Waals surface area contributed by atoms with Crippen molar-refractivity contribution in [1.82, 2.24) is 0 Å². The molecule has 0 aliphatic rings. The molecular weight excluding hydrogens is 172 g/mol. The molecule has 2 N–H and O–H groups in total. The number of aliphatic carboxylic acids is 2. The molecule has 0 aromatic rings. The second kappa shape index (κ2) is 4.25. The molecule has 0 aliphatic heterocycles. The van der Waals surface area contributed by atoms with Crippen LogP contribution in [-0.4, -0.2) is 22.2 Å². The highest BCUT2D eigenvalue weighted by atomic mass is 16.4. The minimum atomic E-state index is -0.949. The van der Waals surface area contributed by atoms with Crippen LogP contribution < -0.4 is 0 Å². The highest BCUT2D eigenvalue weighted by molar-refractivity contribution is 5.72. The molecular formula is C9H16O4. The molecule has 4 nitrogen and oxygen atoms in total. The van der Waals surface area contributed by atoms with Crippen LogP contribution >= 0.6 is 0 Å². The van der Waals surface area contributed by atoms with E-state index in [0.29, 0.717) is 0 Å². The molecule has 0 bridgehead atoms. The molecule has 0 saturated carbocycles. The van der Waals surface area contributed by atoms with E-state index in [-0.39, 0.29) is 18.3 Å². The van der Waals surface area contributed by atoms with Gasteiger partial charge in [0, 0.05) is 6.42 Å². The first-order valence-corrected chi connectivity index (χ1v) is 4.19. The van der Waals surface area contributed by atoms with Gasteiger partial charge in [0.15, 0.2) is 0 Å². The monoisotopic (exact) mass is 188 g/mol. The number of rotatable bonds is 4. The van der Waals surface area contributed by atoms with E-state index in [0.717, 1.165) is 0 Å². The molecule has 0 aromatic heterocycles. The summed E-state index contributed by atoms with van der Waals surface area (Å²) in [5.41, 5.74) is -0.388. The van der Waals surface area contributed by atoms with E-state index in [2.05, 4.69) is 0 Å². The van der Waals surface area contributed by atoms with Gasteiger partial charge in [-0.1, -0.05) is 20.8 Å². The van der Waals surface area contributed by atoms with Gasteiger partial charge in [0.1, 0.15) is 0 Å². The van der Waals surface area contributed by atoms with Gasteiger partial charge in [-0.25, -0.2) is 0 Å². The van der Waals surface area contributed by atoms with Crippen LogP contribution in [0.2, 0.25) is 0 Å². The summed E-state index contributed by atoms with van der Waals surface area (Å²) in [6.45, 7) is 5.40. The standard InChI is InChI=1S/C9H16O4/c1-9(2,3)6(8(12)13)4-5-7(10)11/h6H,4-5H2,1-3H3,(H,10,11)(H,12,13). The van der Waals surface area contributed by atoms with E-state index in [9.17, 15) is 9.59 Å². The summed E-state index contributed by atoms with van der Waals surface area (Å²) >= 11 is 0. The van der Waals surface area contributed by atoms with Crippen molar-refractivity contribution in [3.05, 3.63) is 0 Å². The molecule has 13 heavy (non-hydrogen) atoms. The van der Waals surface area contributed by atoms with Crippen molar-refractivity contribution in [2.45, 2.75) is 33.6 Å². The number of hydrogen-bond donors (Lipinski definition) is 2. The lowest BCUT2D eigenvalue weighted by Gasteiger charge is -2.26. The van der Waals surface area contributed by atoms with Crippen molar-refractivity contribution in [3.63, 3.8) is 0 Å². The Balaban J connectivity index is 4.28. The Morgan fingerprint density at radius 2 is 1.69 bits per heavy atom. The number of hydrogen-bond acceptors (Lipinski definition) is 2. The van der Waals surface area contributed by atoms with Crippen LogP contribution in [0.15, 0.2) is 0 Å². The maximum atomic E-state index is 10.8. The minimum absolute atomic E-state index is 0.0891. The fourth-order valence-electron chi connectivity index (χ4n) is 1.19. The molecule has 0 aromatic carbocycles. The van der Waals surface area contributed by atoms with Gasteiger partial charge >= 0.3 is 11.9 Å². The van der Waals surface area contributed by atoms with Gasteiger partial charge in [-0.3, -0.25) is 9.59 Å². The average molecular weight is 188 g/mol. The SMILES string of the molecule is CC(C)(C)C(CCC(=O)O)C(=O)O. The van der Waals surface area contributed by atoms with Crippen LogP contribution in [0, 0.1) is 11.3 Å². The smallest absolute Gasteiger partial charge is 0.307 e. The minimum Gasteiger partial charge on any atom is -0.481 e. The zero-order valence-electron chi connectivity index (χ0n) is 8.20. The predicted octanol–water partition coefficient (Wildman–Crippen LogP) is 1.60. The topological polar surface area (TPSA) is 74.6 Å². The van der Waals surface area contributed by atoms with Crippen molar-refractivity contribution in [2.75, 3.05) is 0 Å². The fourth-order valence-corrected chi connectivity index (χ4v) is 1.19. The summed E-state index contributed by atoms with van der Waals surface area (Å²) in [6.07, 6.45) is 0.0996. The zero-order chi connectivity index (χ0) is 10.6. The molecule has 0 radical (unpaired) electrons. The molecule has 0 rings (SSSR count). The quantitative estimate of drug-likeness (QED) is 0.702. The van der Waals surface area contributed by atoms with E-state index >= 15 is 0 Å². The third kappa shape index (κ3) is 4.50. The zero-order valence-corrected chi connectivity index (χ0v) is 8.20. The lowest BCUT2D eigenvalue weighted by molar-refractivity contribution is -0.146. The molecule has 76 valence electrons. The van der Waals surface area contributed by atoms with Gasteiger partial charge in [0.2, 0.25) is 0 Å². The maximum Gasteiger partial charge on any atom is 0.307 e. The second-order valence-electron chi connectivity index (χ2n) is 4.19. The number of carbonyl (C=O) groups is 2. The van der Waals surface area contributed by atoms with Crippen LogP contribution in [0.3, 0.4) is 0 Å². The first-order chi connectivity index (χ1) is 5.75. The highest BCUT2D eigenvalue weighted by Gasteiger charge is 2.31. The Hall–Kier alpha value is -1.06. The van der Waals surface area contributed by atoms with E-state index < -0.39 is 17.9 Å². The van der Waals surface area contributed by atoms with Gasteiger partial charge in [-0.05, 0) is 11.8 Å². The predicted molar refractivity (Wildman–Crippen MR) is 47.5 cm³/mol. The van der Waals surface area contributed by atoms with E-state index in [1.54, 1.807) is 20.8 Å². The largest absolute Gasteiger partial charge is 0.481 e. The molecule has 0 fully saturated rings. The van der Waals surface area contributed by atoms with E-state index in [1.807, 2.05) is 0 Å². The summed E-state index contributed by atoms with van der Waals surface area (Å²) in [4.78, 5) is 21.0. The lowest BCUT2D eigenvalue weighted by Crippen LogP contribution is -2.28. The lowest BCUT2D eigenvalue weighted by atomic mass is 9.78. The Kier molecular flexibility index (Phi) is 3.91. The Morgan fingerprint density at radius 3 is 1.92 bits per heavy atom. The van der Waals surface area contributed by atoms with Gasteiger partial charge in [0.05, 0.1) is 5.92 Å². The van der Waals surface area contributed by atoms with Gasteiger partial charge < -0.3 is 10.2 Å². The molecule has 1 unspecified atom stereocenters. The first-order valence-electron chi connectivity index (χ1n) is 4.19. The van der Waals surface area contributed by atoms with Crippen LogP contribution in [-0.2, 0) is 9.59 Å². The Morgan fingerprint density at radius 1 is 1.23 bits per heavy atom. The van der Waals surface area contributed by atoms with E-state index in [4.69, 9.17) is 10.2 Å². The fraction of sp³-hybridized carbons (Fsp3) is 0.778. The van der Waals surface area contributed by atoms with Crippen molar-refractivity contribution in [3.8, 4) is 0 Å². The third-order valence-electron chi connectivity index (χ3n) is 1.99. The second-order valence-corrected chi connectivity index (χ2v) is 4.19. The summed E-state index contributed by atoms with van der Waals surface area (Å²) in [6, 6.07) is 0. The molecule has 0 heterocycles. The van der Waals surface area contributed by atoms with Crippen molar-refractivity contribution < 1.29 is 19.8 Å². The average Bonchev–Trinajstić information content (AvgIpc) is 1.81. The van der Waals surface area contributed by atoms with Crippen molar-refractivity contribution in [2.24, 2.45) is 11.3 Å². The van der Waals surface area contributed by atoms with Crippen LogP contribution in [0.1, 0.15) is 33.6 Å². The summed E-state index contributed by atoms with van der Waals surface area (Å²) in [5.74, 6) is -2.46. The molecule has 4 heteroatoms. The summed E-state index contributed by atoms with van der Waals surface area (Å²) in [5, 5.41) is 17.2. The normalized spacial score (nSPS) is 13.8. The van der Waals surface area contributed by atoms with E-state index in [1.165, 1.54) is 0 Å². The highest BCUT2D eigenvalue weighted by Crippen LogP contribution is 2.29. The summed E-state index contributed by atoms with van der Waals surface area (Å²) < 4.78 is 0. The molecule has 1 atom stereocenters. The molecule has 0 aliphatic carbocycles. The molecule has 0 saturated heterocycles. The maximum absolute atomic E-state index is 10.8. The van der Waals surface area contributed by atoms with Crippen LogP contribution in [0.25, 0.3) is 0 Å². The van der Waals surface area contributed by atoms with Crippen molar-refractivity contribution in [1.29, 1.82) is 0 Å². The molecule has 0 spiro atoms. The first kappa shape index (κ1) is 11.9. The van der Waals surface area contributed by atoms with Gasteiger partial charge in [-0.2, -0.15) is 0 Å². The van der Waals surface area contributed by atoms with Crippen molar-refractivity contribution >= 4 is 11.9 Å².